The number of nitrogens with one attached hydrogen (secondary N) is 2. The zero-order valence-electron chi connectivity index (χ0n) is 13.3. The number of aryl methyl sites for hydroxylation is 1. The van der Waals surface area contributed by atoms with E-state index in [-0.39, 0.29) is 11.3 Å². The molecule has 1 aromatic heterocycles. The van der Waals surface area contributed by atoms with E-state index >= 15 is 0 Å². The number of rotatable bonds is 7. The van der Waals surface area contributed by atoms with Crippen LogP contribution in [0.3, 0.4) is 0 Å². The third-order valence-electron chi connectivity index (χ3n) is 4.50. The Balaban J connectivity index is 1.50. The number of nitrogens with zero attached hydrogens (tertiary/aromatic N) is 2. The molecule has 0 atom stereocenters. The number of hydrogen-bond acceptors (Lipinski definition) is 4. The van der Waals surface area contributed by atoms with Gasteiger partial charge in [0, 0.05) is 18.4 Å². The Kier molecular flexibility index (Phi) is 5.00. The second kappa shape index (κ2) is 7.17. The predicted octanol–water partition coefficient (Wildman–Crippen LogP) is 2.70. The summed E-state index contributed by atoms with van der Waals surface area (Å²) in [5.41, 5.74) is 1.46. The van der Waals surface area contributed by atoms with Gasteiger partial charge in [0.05, 0.1) is 5.75 Å². The molecule has 0 unspecified atom stereocenters. The molecule has 1 aliphatic rings. The first-order valence-electron chi connectivity index (χ1n) is 8.08. The summed E-state index contributed by atoms with van der Waals surface area (Å²) in [7, 11) is 0. The van der Waals surface area contributed by atoms with E-state index in [1.165, 1.54) is 23.7 Å². The second-order valence-electron chi connectivity index (χ2n) is 5.98. The molecule has 1 saturated carbocycles. The minimum absolute atomic E-state index is 0.0417. The molecule has 1 heterocycles. The third-order valence-corrected chi connectivity index (χ3v) is 5.35. The molecule has 0 saturated heterocycles. The van der Waals surface area contributed by atoms with Crippen LogP contribution in [0.2, 0.25) is 0 Å². The van der Waals surface area contributed by atoms with Crippen LogP contribution < -0.4 is 5.32 Å². The van der Waals surface area contributed by atoms with E-state index in [9.17, 15) is 4.79 Å². The molecular weight excluding hydrogens is 308 g/mol. The number of aromatic amines is 1. The van der Waals surface area contributed by atoms with E-state index in [1.807, 2.05) is 13.0 Å². The fourth-order valence-corrected chi connectivity index (χ4v) is 3.56. The van der Waals surface area contributed by atoms with Crippen molar-refractivity contribution >= 4 is 17.7 Å². The van der Waals surface area contributed by atoms with Gasteiger partial charge < -0.3 is 5.32 Å². The highest BCUT2D eigenvalue weighted by Gasteiger charge is 2.38. The first-order chi connectivity index (χ1) is 11.2. The number of hydrogen-bond donors (Lipinski definition) is 2. The standard InChI is InChI=1S/C17H22N4OS/c1-2-14-19-16(21-20-14)23-11-15(22)18-12-17(9-6-10-17)13-7-4-3-5-8-13/h3-5,7-8H,2,6,9-12H2,1H3,(H,18,22)(H,19,20,21). The number of aromatic nitrogens is 3. The van der Waals surface area contributed by atoms with Crippen LogP contribution in [0.25, 0.3) is 0 Å². The Labute approximate surface area is 140 Å². The zero-order chi connectivity index (χ0) is 16.1. The molecule has 2 N–H and O–H groups in total. The van der Waals surface area contributed by atoms with Crippen molar-refractivity contribution in [3.8, 4) is 0 Å². The summed E-state index contributed by atoms with van der Waals surface area (Å²) < 4.78 is 0. The third kappa shape index (κ3) is 3.75. The summed E-state index contributed by atoms with van der Waals surface area (Å²) in [6.45, 7) is 2.73. The molecular formula is C17H22N4OS. The molecule has 23 heavy (non-hydrogen) atoms. The highest BCUT2D eigenvalue weighted by atomic mass is 32.2. The van der Waals surface area contributed by atoms with Crippen LogP contribution in [-0.2, 0) is 16.6 Å². The molecule has 5 nitrogen and oxygen atoms in total. The summed E-state index contributed by atoms with van der Waals surface area (Å²) in [6, 6.07) is 10.5. The molecule has 122 valence electrons. The molecule has 0 spiro atoms. The van der Waals surface area contributed by atoms with Gasteiger partial charge in [0.15, 0.2) is 0 Å². The van der Waals surface area contributed by atoms with E-state index in [4.69, 9.17) is 0 Å². The van der Waals surface area contributed by atoms with Gasteiger partial charge in [-0.3, -0.25) is 9.89 Å². The summed E-state index contributed by atoms with van der Waals surface area (Å²) in [6.07, 6.45) is 4.34. The van der Waals surface area contributed by atoms with Crippen molar-refractivity contribution in [1.29, 1.82) is 0 Å². The lowest BCUT2D eigenvalue weighted by atomic mass is 9.64. The molecule has 1 fully saturated rings. The smallest absolute Gasteiger partial charge is 0.230 e. The monoisotopic (exact) mass is 330 g/mol. The van der Waals surface area contributed by atoms with Gasteiger partial charge in [0.1, 0.15) is 5.82 Å². The number of benzene rings is 1. The highest BCUT2D eigenvalue weighted by Crippen LogP contribution is 2.43. The molecule has 0 radical (unpaired) electrons. The Morgan fingerprint density at radius 3 is 2.74 bits per heavy atom. The van der Waals surface area contributed by atoms with Gasteiger partial charge in [0.25, 0.3) is 0 Å². The average Bonchev–Trinajstić information content (AvgIpc) is 3.01. The van der Waals surface area contributed by atoms with E-state index in [1.54, 1.807) is 0 Å². The lowest BCUT2D eigenvalue weighted by Crippen LogP contribution is -2.46. The Hall–Kier alpha value is -1.82. The molecule has 2 aromatic rings. The quantitative estimate of drug-likeness (QED) is 0.766. The summed E-state index contributed by atoms with van der Waals surface area (Å²) in [4.78, 5) is 16.4. The van der Waals surface area contributed by atoms with Crippen molar-refractivity contribution in [1.82, 2.24) is 20.5 Å². The van der Waals surface area contributed by atoms with Gasteiger partial charge in [-0.05, 0) is 18.4 Å². The molecule has 3 rings (SSSR count). The van der Waals surface area contributed by atoms with Gasteiger partial charge >= 0.3 is 0 Å². The van der Waals surface area contributed by atoms with E-state index in [2.05, 4.69) is 44.8 Å². The summed E-state index contributed by atoms with van der Waals surface area (Å²) in [5, 5.41) is 10.7. The summed E-state index contributed by atoms with van der Waals surface area (Å²) >= 11 is 1.37. The minimum Gasteiger partial charge on any atom is -0.354 e. The van der Waals surface area contributed by atoms with Crippen LogP contribution in [0.4, 0.5) is 0 Å². The maximum Gasteiger partial charge on any atom is 0.230 e. The lowest BCUT2D eigenvalue weighted by Gasteiger charge is -2.42. The van der Waals surface area contributed by atoms with Crippen LogP contribution in [-0.4, -0.2) is 33.4 Å². The first kappa shape index (κ1) is 16.1. The van der Waals surface area contributed by atoms with Crippen LogP contribution in [0.5, 0.6) is 0 Å². The van der Waals surface area contributed by atoms with Gasteiger partial charge in [-0.25, -0.2) is 4.98 Å². The highest BCUT2D eigenvalue weighted by molar-refractivity contribution is 7.99. The Morgan fingerprint density at radius 2 is 2.13 bits per heavy atom. The lowest BCUT2D eigenvalue weighted by molar-refractivity contribution is -0.119. The van der Waals surface area contributed by atoms with Crippen molar-refractivity contribution < 1.29 is 4.79 Å². The fourth-order valence-electron chi connectivity index (χ4n) is 2.91. The second-order valence-corrected chi connectivity index (χ2v) is 6.93. The number of thioether (sulfide) groups is 1. The van der Waals surface area contributed by atoms with Crippen molar-refractivity contribution in [2.75, 3.05) is 12.3 Å². The number of carbonyl (C=O) groups excluding carboxylic acids is 1. The predicted molar refractivity (Wildman–Crippen MR) is 91.5 cm³/mol. The van der Waals surface area contributed by atoms with Crippen LogP contribution in [0.1, 0.15) is 37.6 Å². The SMILES string of the molecule is CCc1nc(SCC(=O)NCC2(c3ccccc3)CCC2)n[nH]1. The van der Waals surface area contributed by atoms with Crippen molar-refractivity contribution in [3.63, 3.8) is 0 Å². The van der Waals surface area contributed by atoms with Crippen LogP contribution >= 0.6 is 11.8 Å². The molecule has 0 bridgehead atoms. The Morgan fingerprint density at radius 1 is 1.35 bits per heavy atom. The molecule has 1 aliphatic carbocycles. The summed E-state index contributed by atoms with van der Waals surface area (Å²) in [5.74, 6) is 1.25. The molecule has 0 aliphatic heterocycles. The van der Waals surface area contributed by atoms with Crippen molar-refractivity contribution in [2.24, 2.45) is 0 Å². The van der Waals surface area contributed by atoms with Gasteiger partial charge in [-0.2, -0.15) is 0 Å². The Bertz CT molecular complexity index is 652. The minimum atomic E-state index is 0.0417. The zero-order valence-corrected chi connectivity index (χ0v) is 14.2. The number of carbonyl (C=O) groups is 1. The first-order valence-corrected chi connectivity index (χ1v) is 9.07. The molecule has 1 amide bonds. The largest absolute Gasteiger partial charge is 0.354 e. The van der Waals surface area contributed by atoms with Crippen molar-refractivity contribution in [3.05, 3.63) is 41.7 Å². The van der Waals surface area contributed by atoms with E-state index in [0.717, 1.165) is 25.1 Å². The number of amides is 1. The van der Waals surface area contributed by atoms with Crippen LogP contribution in [0.15, 0.2) is 35.5 Å². The topological polar surface area (TPSA) is 70.7 Å². The molecule has 6 heteroatoms. The van der Waals surface area contributed by atoms with Gasteiger partial charge in [-0.1, -0.05) is 55.4 Å². The molecule has 1 aromatic carbocycles. The van der Waals surface area contributed by atoms with E-state index in [0.29, 0.717) is 17.5 Å². The van der Waals surface area contributed by atoms with Crippen molar-refractivity contribution in [2.45, 2.75) is 43.2 Å². The van der Waals surface area contributed by atoms with Crippen LogP contribution in [0, 0.1) is 0 Å². The van der Waals surface area contributed by atoms with E-state index < -0.39 is 0 Å². The maximum absolute atomic E-state index is 12.1. The fraction of sp³-hybridized carbons (Fsp3) is 0.471. The normalized spacial score (nSPS) is 15.9. The average molecular weight is 330 g/mol. The van der Waals surface area contributed by atoms with Gasteiger partial charge in [-0.15, -0.1) is 5.10 Å². The number of H-pyrrole nitrogens is 1. The maximum atomic E-state index is 12.1. The van der Waals surface area contributed by atoms with Gasteiger partial charge in [0.2, 0.25) is 11.1 Å².